The van der Waals surface area contributed by atoms with E-state index >= 15 is 0 Å². The standard InChI is InChI=1S/C15H17N3O/c1-10-4-6-18(7-5-10)15(19)13-9-17-14-8-11(16)2-3-12(13)14/h2-4,8-9,17H,5-7,16H2,1H3. The average molecular weight is 255 g/mol. The second-order valence-electron chi connectivity index (χ2n) is 5.06. The van der Waals surface area contributed by atoms with E-state index in [-0.39, 0.29) is 5.91 Å². The van der Waals surface area contributed by atoms with Crippen LogP contribution in [-0.2, 0) is 0 Å². The fourth-order valence-electron chi connectivity index (χ4n) is 2.45. The summed E-state index contributed by atoms with van der Waals surface area (Å²) in [5.41, 5.74) is 9.43. The highest BCUT2D eigenvalue weighted by atomic mass is 16.2. The molecule has 98 valence electrons. The molecule has 0 aliphatic carbocycles. The van der Waals surface area contributed by atoms with E-state index in [1.54, 1.807) is 6.20 Å². The lowest BCUT2D eigenvalue weighted by Gasteiger charge is -2.25. The number of nitrogens with zero attached hydrogens (tertiary/aromatic N) is 1. The lowest BCUT2D eigenvalue weighted by atomic mass is 10.1. The number of carbonyl (C=O) groups excluding carboxylic acids is 1. The highest BCUT2D eigenvalue weighted by Crippen LogP contribution is 2.23. The van der Waals surface area contributed by atoms with Gasteiger partial charge in [-0.3, -0.25) is 4.79 Å². The van der Waals surface area contributed by atoms with Gasteiger partial charge in [0, 0.05) is 35.9 Å². The number of amides is 1. The molecule has 1 aliphatic heterocycles. The number of nitrogens with one attached hydrogen (secondary N) is 1. The van der Waals surface area contributed by atoms with E-state index in [4.69, 9.17) is 5.73 Å². The molecular weight excluding hydrogens is 238 g/mol. The maximum atomic E-state index is 12.5. The van der Waals surface area contributed by atoms with Crippen molar-refractivity contribution in [3.8, 4) is 0 Å². The minimum Gasteiger partial charge on any atom is -0.399 e. The van der Waals surface area contributed by atoms with E-state index in [0.29, 0.717) is 12.2 Å². The van der Waals surface area contributed by atoms with Gasteiger partial charge in [-0.05, 0) is 31.5 Å². The molecule has 0 fully saturated rings. The Morgan fingerprint density at radius 2 is 2.26 bits per heavy atom. The van der Waals surface area contributed by atoms with E-state index in [0.717, 1.165) is 29.4 Å². The van der Waals surface area contributed by atoms with Crippen LogP contribution in [0, 0.1) is 0 Å². The van der Waals surface area contributed by atoms with Crippen molar-refractivity contribution in [3.05, 3.63) is 41.6 Å². The molecule has 0 saturated heterocycles. The van der Waals surface area contributed by atoms with Crippen LogP contribution in [0.25, 0.3) is 10.9 Å². The number of carbonyl (C=O) groups is 1. The Balaban J connectivity index is 1.94. The Bertz CT molecular complexity index is 669. The second kappa shape index (κ2) is 4.46. The van der Waals surface area contributed by atoms with Crippen molar-refractivity contribution in [2.75, 3.05) is 18.8 Å². The monoisotopic (exact) mass is 255 g/mol. The second-order valence-corrected chi connectivity index (χ2v) is 5.06. The van der Waals surface area contributed by atoms with Crippen molar-refractivity contribution in [2.24, 2.45) is 0 Å². The van der Waals surface area contributed by atoms with Gasteiger partial charge in [-0.1, -0.05) is 11.6 Å². The van der Waals surface area contributed by atoms with E-state index in [2.05, 4.69) is 18.0 Å². The molecule has 0 saturated carbocycles. The van der Waals surface area contributed by atoms with E-state index in [9.17, 15) is 4.79 Å². The predicted molar refractivity (Wildman–Crippen MR) is 77.0 cm³/mol. The van der Waals surface area contributed by atoms with Crippen molar-refractivity contribution in [2.45, 2.75) is 13.3 Å². The number of nitrogens with two attached hydrogens (primary N) is 1. The fraction of sp³-hybridized carbons (Fsp3) is 0.267. The summed E-state index contributed by atoms with van der Waals surface area (Å²) in [6.07, 6.45) is 4.85. The highest BCUT2D eigenvalue weighted by Gasteiger charge is 2.20. The molecule has 3 rings (SSSR count). The Morgan fingerprint density at radius 3 is 3.00 bits per heavy atom. The Morgan fingerprint density at radius 1 is 1.42 bits per heavy atom. The third kappa shape index (κ3) is 2.10. The molecule has 0 atom stereocenters. The quantitative estimate of drug-likeness (QED) is 0.607. The summed E-state index contributed by atoms with van der Waals surface area (Å²) in [5, 5.41) is 0.936. The molecule has 4 nitrogen and oxygen atoms in total. The minimum atomic E-state index is 0.0831. The largest absolute Gasteiger partial charge is 0.399 e. The Labute approximate surface area is 111 Å². The number of aromatic amines is 1. The van der Waals surface area contributed by atoms with Crippen LogP contribution >= 0.6 is 0 Å². The summed E-state index contributed by atoms with van der Waals surface area (Å²) >= 11 is 0. The van der Waals surface area contributed by atoms with Crippen LogP contribution < -0.4 is 5.73 Å². The summed E-state index contributed by atoms with van der Waals surface area (Å²) in [6.45, 7) is 3.60. The van der Waals surface area contributed by atoms with Crippen LogP contribution in [0.3, 0.4) is 0 Å². The maximum Gasteiger partial charge on any atom is 0.256 e. The van der Waals surface area contributed by atoms with Gasteiger partial charge in [0.05, 0.1) is 5.56 Å². The van der Waals surface area contributed by atoms with Crippen LogP contribution in [0.1, 0.15) is 23.7 Å². The summed E-state index contributed by atoms with van der Waals surface area (Å²) in [5.74, 6) is 0.0831. The van der Waals surface area contributed by atoms with Crippen LogP contribution in [0.2, 0.25) is 0 Å². The topological polar surface area (TPSA) is 62.1 Å². The number of H-pyrrole nitrogens is 1. The van der Waals surface area contributed by atoms with Gasteiger partial charge in [0.1, 0.15) is 0 Å². The van der Waals surface area contributed by atoms with Gasteiger partial charge in [0.25, 0.3) is 5.91 Å². The average Bonchev–Trinajstić information content (AvgIpc) is 2.81. The van der Waals surface area contributed by atoms with Crippen molar-refractivity contribution in [3.63, 3.8) is 0 Å². The number of nitrogen functional groups attached to an aromatic ring is 1. The van der Waals surface area contributed by atoms with Crippen LogP contribution in [0.15, 0.2) is 36.0 Å². The zero-order chi connectivity index (χ0) is 13.4. The SMILES string of the molecule is CC1=CCN(C(=O)c2c[nH]c3cc(N)ccc23)CC1. The number of benzene rings is 1. The third-order valence-corrected chi connectivity index (χ3v) is 3.66. The fourth-order valence-corrected chi connectivity index (χ4v) is 2.45. The van der Waals surface area contributed by atoms with Gasteiger partial charge in [-0.15, -0.1) is 0 Å². The van der Waals surface area contributed by atoms with Gasteiger partial charge in [0.2, 0.25) is 0 Å². The van der Waals surface area contributed by atoms with Gasteiger partial charge in [-0.25, -0.2) is 0 Å². The Kier molecular flexibility index (Phi) is 2.78. The first-order valence-corrected chi connectivity index (χ1v) is 6.46. The van der Waals surface area contributed by atoms with E-state index < -0.39 is 0 Å². The van der Waals surface area contributed by atoms with E-state index in [1.807, 2.05) is 23.1 Å². The van der Waals surface area contributed by atoms with Crippen LogP contribution in [0.5, 0.6) is 0 Å². The molecule has 1 aromatic carbocycles. The van der Waals surface area contributed by atoms with Gasteiger partial charge < -0.3 is 15.6 Å². The third-order valence-electron chi connectivity index (χ3n) is 3.66. The van der Waals surface area contributed by atoms with Gasteiger partial charge in [0.15, 0.2) is 0 Å². The molecule has 2 aromatic rings. The molecule has 1 amide bonds. The molecule has 0 spiro atoms. The zero-order valence-electron chi connectivity index (χ0n) is 10.9. The lowest BCUT2D eigenvalue weighted by molar-refractivity contribution is 0.0771. The predicted octanol–water partition coefficient (Wildman–Crippen LogP) is 2.54. The molecule has 3 N–H and O–H groups in total. The number of rotatable bonds is 1. The maximum absolute atomic E-state index is 12.5. The van der Waals surface area contributed by atoms with Crippen molar-refractivity contribution in [1.29, 1.82) is 0 Å². The van der Waals surface area contributed by atoms with Crippen LogP contribution in [-0.4, -0.2) is 28.9 Å². The van der Waals surface area contributed by atoms with Crippen molar-refractivity contribution in [1.82, 2.24) is 9.88 Å². The smallest absolute Gasteiger partial charge is 0.256 e. The molecule has 1 aromatic heterocycles. The molecule has 2 heterocycles. The highest BCUT2D eigenvalue weighted by molar-refractivity contribution is 6.07. The molecule has 4 heteroatoms. The summed E-state index contributed by atoms with van der Waals surface area (Å²) < 4.78 is 0. The summed E-state index contributed by atoms with van der Waals surface area (Å²) in [6, 6.07) is 5.58. The molecule has 0 radical (unpaired) electrons. The molecular formula is C15H17N3O. The first kappa shape index (κ1) is 11.8. The van der Waals surface area contributed by atoms with Gasteiger partial charge in [-0.2, -0.15) is 0 Å². The number of hydrogen-bond acceptors (Lipinski definition) is 2. The number of aromatic nitrogens is 1. The Hall–Kier alpha value is -2.23. The summed E-state index contributed by atoms with van der Waals surface area (Å²) in [4.78, 5) is 17.5. The number of anilines is 1. The number of fused-ring (bicyclic) bond motifs is 1. The first-order valence-electron chi connectivity index (χ1n) is 6.46. The minimum absolute atomic E-state index is 0.0831. The first-order chi connectivity index (χ1) is 9.15. The number of hydrogen-bond donors (Lipinski definition) is 2. The molecule has 0 unspecified atom stereocenters. The van der Waals surface area contributed by atoms with Gasteiger partial charge >= 0.3 is 0 Å². The molecule has 0 bridgehead atoms. The van der Waals surface area contributed by atoms with Crippen molar-refractivity contribution >= 4 is 22.5 Å². The molecule has 19 heavy (non-hydrogen) atoms. The summed E-state index contributed by atoms with van der Waals surface area (Å²) in [7, 11) is 0. The van der Waals surface area contributed by atoms with Crippen LogP contribution in [0.4, 0.5) is 5.69 Å². The van der Waals surface area contributed by atoms with Crippen molar-refractivity contribution < 1.29 is 4.79 Å². The molecule has 1 aliphatic rings. The zero-order valence-corrected chi connectivity index (χ0v) is 10.9. The van der Waals surface area contributed by atoms with E-state index in [1.165, 1.54) is 5.57 Å². The normalized spacial score (nSPS) is 15.6. The lowest BCUT2D eigenvalue weighted by Crippen LogP contribution is -2.34.